The molecule has 1 amide bonds. The summed E-state index contributed by atoms with van der Waals surface area (Å²) < 4.78 is 4.36. The first-order valence-electron chi connectivity index (χ1n) is 3.65. The van der Waals surface area contributed by atoms with Gasteiger partial charge < -0.3 is 4.74 Å². The van der Waals surface area contributed by atoms with Gasteiger partial charge in [-0.3, -0.25) is 14.5 Å². The molecule has 1 rings (SSSR count). The molecular weight excluding hydrogens is 174 g/mol. The first kappa shape index (κ1) is 9.44. The Labute approximate surface area is 75.0 Å². The summed E-state index contributed by atoms with van der Waals surface area (Å²) in [5.74, 6) is -1.31. The number of rotatable bonds is 2. The Morgan fingerprint density at radius 3 is 2.54 bits per heavy atom. The summed E-state index contributed by atoms with van der Waals surface area (Å²) in [6, 6.07) is 0. The van der Waals surface area contributed by atoms with E-state index >= 15 is 0 Å². The molecule has 0 aliphatic carbocycles. The number of nitrogens with zero attached hydrogens (tertiary/aromatic N) is 1. The van der Waals surface area contributed by atoms with Gasteiger partial charge in [-0.15, -0.1) is 0 Å². The van der Waals surface area contributed by atoms with Gasteiger partial charge in [-0.05, 0) is 0 Å². The maximum Gasteiger partial charge on any atom is 0.354 e. The molecule has 0 bridgehead atoms. The molecule has 0 spiro atoms. The maximum atomic E-state index is 11.1. The number of ketones is 1. The van der Waals surface area contributed by atoms with Gasteiger partial charge in [-0.1, -0.05) is 6.58 Å². The summed E-state index contributed by atoms with van der Waals surface area (Å²) in [6.45, 7) is 3.29. The number of esters is 1. The highest BCUT2D eigenvalue weighted by atomic mass is 16.5. The number of hydrogen-bond donors (Lipinski definition) is 0. The fourth-order valence-electron chi connectivity index (χ4n) is 1.06. The number of ether oxygens (including phenoxy) is 1. The Kier molecular flexibility index (Phi) is 2.46. The van der Waals surface area contributed by atoms with E-state index in [1.54, 1.807) is 0 Å². The molecule has 0 N–H and O–H groups in total. The molecule has 0 aromatic carbocycles. The minimum atomic E-state index is -0.692. The smallest absolute Gasteiger partial charge is 0.354 e. The Morgan fingerprint density at radius 1 is 1.54 bits per heavy atom. The highest BCUT2D eigenvalue weighted by Gasteiger charge is 2.31. The predicted octanol–water partition coefficient (Wildman–Crippen LogP) is -0.526. The number of carbonyl (C=O) groups excluding carboxylic acids is 3. The molecule has 1 saturated heterocycles. The molecular formula is C8H9NO4. The van der Waals surface area contributed by atoms with E-state index in [1.807, 2.05) is 0 Å². The molecule has 0 aromatic rings. The minimum absolute atomic E-state index is 0.0766. The molecule has 0 radical (unpaired) electrons. The lowest BCUT2D eigenvalue weighted by Gasteiger charge is -2.14. The summed E-state index contributed by atoms with van der Waals surface area (Å²) in [5, 5.41) is 0. The Hall–Kier alpha value is -1.65. The molecule has 0 saturated carbocycles. The molecule has 1 fully saturated rings. The zero-order valence-electron chi connectivity index (χ0n) is 7.20. The highest BCUT2D eigenvalue weighted by molar-refractivity contribution is 6.08. The van der Waals surface area contributed by atoms with Crippen LogP contribution in [-0.4, -0.2) is 36.2 Å². The third-order valence-corrected chi connectivity index (χ3v) is 1.73. The first-order chi connectivity index (χ1) is 6.06. The zero-order valence-corrected chi connectivity index (χ0v) is 7.20. The maximum absolute atomic E-state index is 11.1. The molecule has 13 heavy (non-hydrogen) atoms. The van der Waals surface area contributed by atoms with Crippen LogP contribution in [0, 0.1) is 0 Å². The second kappa shape index (κ2) is 3.38. The van der Waals surface area contributed by atoms with Crippen molar-refractivity contribution >= 4 is 17.7 Å². The van der Waals surface area contributed by atoms with Crippen molar-refractivity contribution in [1.82, 2.24) is 4.90 Å². The van der Waals surface area contributed by atoms with Crippen LogP contribution in [-0.2, 0) is 19.1 Å². The average molecular weight is 183 g/mol. The van der Waals surface area contributed by atoms with Crippen LogP contribution in [0.5, 0.6) is 0 Å². The van der Waals surface area contributed by atoms with E-state index < -0.39 is 11.9 Å². The average Bonchev–Trinajstić information content (AvgIpc) is 2.42. The molecule has 0 atom stereocenters. The third kappa shape index (κ3) is 1.74. The Bertz CT molecular complexity index is 295. The second-order valence-electron chi connectivity index (χ2n) is 2.63. The Morgan fingerprint density at radius 2 is 2.15 bits per heavy atom. The summed E-state index contributed by atoms with van der Waals surface area (Å²) in [7, 11) is 1.19. The Balaban J connectivity index is 2.73. The topological polar surface area (TPSA) is 63.7 Å². The van der Waals surface area contributed by atoms with Crippen LogP contribution in [0.25, 0.3) is 0 Å². The van der Waals surface area contributed by atoms with Crippen molar-refractivity contribution in [3.8, 4) is 0 Å². The van der Waals surface area contributed by atoms with Crippen molar-refractivity contribution in [1.29, 1.82) is 0 Å². The molecule has 70 valence electrons. The van der Waals surface area contributed by atoms with Gasteiger partial charge in [-0.2, -0.15) is 0 Å². The number of amides is 1. The van der Waals surface area contributed by atoms with Crippen molar-refractivity contribution < 1.29 is 19.1 Å². The number of hydrogen-bond acceptors (Lipinski definition) is 4. The van der Waals surface area contributed by atoms with Crippen LogP contribution >= 0.6 is 0 Å². The lowest BCUT2D eigenvalue weighted by atomic mass is 10.3. The standard InChI is InChI=1S/C8H9NO4/c1-5(8(12)13-2)9-4-6(10)3-7(9)11/h1,3-4H2,2H3. The van der Waals surface area contributed by atoms with E-state index in [1.165, 1.54) is 7.11 Å². The van der Waals surface area contributed by atoms with Crippen LogP contribution in [0.15, 0.2) is 12.3 Å². The number of carbonyl (C=O) groups is 3. The molecule has 5 heteroatoms. The van der Waals surface area contributed by atoms with Crippen molar-refractivity contribution in [3.63, 3.8) is 0 Å². The largest absolute Gasteiger partial charge is 0.464 e. The monoisotopic (exact) mass is 183 g/mol. The number of Topliss-reactive ketones (excluding diaryl/α,β-unsaturated/α-hetero) is 1. The molecule has 1 heterocycles. The van der Waals surface area contributed by atoms with Gasteiger partial charge in [0.05, 0.1) is 20.1 Å². The number of likely N-dealkylation sites (tertiary alicyclic amines) is 1. The van der Waals surface area contributed by atoms with Gasteiger partial charge in [0.15, 0.2) is 5.78 Å². The highest BCUT2D eigenvalue weighted by Crippen LogP contribution is 2.13. The lowest BCUT2D eigenvalue weighted by Crippen LogP contribution is -2.29. The quantitative estimate of drug-likeness (QED) is 0.328. The van der Waals surface area contributed by atoms with E-state index in [9.17, 15) is 14.4 Å². The van der Waals surface area contributed by atoms with Gasteiger partial charge >= 0.3 is 5.97 Å². The molecule has 1 aliphatic heterocycles. The van der Waals surface area contributed by atoms with E-state index in [0.717, 1.165) is 4.90 Å². The van der Waals surface area contributed by atoms with Gasteiger partial charge in [0, 0.05) is 0 Å². The number of methoxy groups -OCH3 is 1. The van der Waals surface area contributed by atoms with Crippen molar-refractivity contribution in [3.05, 3.63) is 12.3 Å². The van der Waals surface area contributed by atoms with Crippen LogP contribution in [0.2, 0.25) is 0 Å². The zero-order chi connectivity index (χ0) is 10.0. The molecule has 0 unspecified atom stereocenters. The van der Waals surface area contributed by atoms with Gasteiger partial charge in [0.1, 0.15) is 5.70 Å². The van der Waals surface area contributed by atoms with E-state index in [4.69, 9.17) is 0 Å². The predicted molar refractivity (Wildman–Crippen MR) is 42.5 cm³/mol. The summed E-state index contributed by atoms with van der Waals surface area (Å²) in [6.07, 6.45) is -0.157. The summed E-state index contributed by atoms with van der Waals surface area (Å²) >= 11 is 0. The van der Waals surface area contributed by atoms with Crippen LogP contribution in [0.3, 0.4) is 0 Å². The first-order valence-corrected chi connectivity index (χ1v) is 3.65. The van der Waals surface area contributed by atoms with Gasteiger partial charge in [0.2, 0.25) is 5.91 Å². The van der Waals surface area contributed by atoms with Gasteiger partial charge in [0.25, 0.3) is 0 Å². The molecule has 1 aliphatic rings. The fraction of sp³-hybridized carbons (Fsp3) is 0.375. The summed E-state index contributed by atoms with van der Waals surface area (Å²) in [5.41, 5.74) is -0.0849. The van der Waals surface area contributed by atoms with Crippen LogP contribution < -0.4 is 0 Å². The normalized spacial score (nSPS) is 16.2. The fourth-order valence-corrected chi connectivity index (χ4v) is 1.06. The SMILES string of the molecule is C=C(C(=O)OC)N1CC(=O)CC1=O. The van der Waals surface area contributed by atoms with Crippen molar-refractivity contribution in [2.24, 2.45) is 0 Å². The molecule has 0 aromatic heterocycles. The third-order valence-electron chi connectivity index (χ3n) is 1.73. The van der Waals surface area contributed by atoms with Crippen molar-refractivity contribution in [2.75, 3.05) is 13.7 Å². The molecule has 5 nitrogen and oxygen atoms in total. The van der Waals surface area contributed by atoms with E-state index in [0.29, 0.717) is 0 Å². The second-order valence-corrected chi connectivity index (χ2v) is 2.63. The van der Waals surface area contributed by atoms with E-state index in [-0.39, 0.29) is 24.4 Å². The van der Waals surface area contributed by atoms with Gasteiger partial charge in [-0.25, -0.2) is 4.79 Å². The summed E-state index contributed by atoms with van der Waals surface area (Å²) in [4.78, 5) is 33.9. The van der Waals surface area contributed by atoms with E-state index in [2.05, 4.69) is 11.3 Å². The van der Waals surface area contributed by atoms with Crippen LogP contribution in [0.1, 0.15) is 6.42 Å². The van der Waals surface area contributed by atoms with Crippen LogP contribution in [0.4, 0.5) is 0 Å². The lowest BCUT2D eigenvalue weighted by molar-refractivity contribution is -0.140. The minimum Gasteiger partial charge on any atom is -0.464 e. The van der Waals surface area contributed by atoms with Crippen molar-refractivity contribution in [2.45, 2.75) is 6.42 Å².